The first kappa shape index (κ1) is 16.8. The number of hydrogen-bond donors (Lipinski definition) is 1. The lowest BCUT2D eigenvalue weighted by atomic mass is 9.98. The zero-order valence-electron chi connectivity index (χ0n) is 14.7. The Hall–Kier alpha value is -2.66. The number of likely N-dealkylation sites (tertiary alicyclic amines) is 1. The van der Waals surface area contributed by atoms with Crippen molar-refractivity contribution in [2.45, 2.75) is 26.0 Å². The molecule has 4 rings (SSSR count). The maximum atomic E-state index is 12.7. The summed E-state index contributed by atoms with van der Waals surface area (Å²) in [5, 5.41) is 14.5. The normalized spacial score (nSPS) is 17.1. The average Bonchev–Trinajstić information content (AvgIpc) is 3.30. The maximum absolute atomic E-state index is 12.7. The number of para-hydroxylation sites is 1. The van der Waals surface area contributed by atoms with E-state index in [4.69, 9.17) is 5.11 Å². The first-order valence-electron chi connectivity index (χ1n) is 9.10. The zero-order chi connectivity index (χ0) is 17.9. The molecule has 2 aromatic carbocycles. The fraction of sp³-hybridized carbons (Fsp3) is 0.333. The van der Waals surface area contributed by atoms with E-state index in [2.05, 4.69) is 17.2 Å². The van der Waals surface area contributed by atoms with Crippen LogP contribution in [0.25, 0.3) is 10.9 Å². The zero-order valence-corrected chi connectivity index (χ0v) is 14.7. The van der Waals surface area contributed by atoms with Crippen LogP contribution in [0.1, 0.15) is 17.5 Å². The maximum Gasteiger partial charge on any atom is 0.244 e. The summed E-state index contributed by atoms with van der Waals surface area (Å²) < 4.78 is 1.79. The number of benzene rings is 2. The van der Waals surface area contributed by atoms with Crippen molar-refractivity contribution in [1.29, 1.82) is 0 Å². The minimum Gasteiger partial charge on any atom is -0.392 e. The minimum atomic E-state index is 0.0775. The largest absolute Gasteiger partial charge is 0.392 e. The molecule has 5 nitrogen and oxygen atoms in total. The van der Waals surface area contributed by atoms with Gasteiger partial charge in [0.1, 0.15) is 6.54 Å². The monoisotopic (exact) mass is 349 g/mol. The van der Waals surface area contributed by atoms with Crippen LogP contribution >= 0.6 is 0 Å². The van der Waals surface area contributed by atoms with Gasteiger partial charge in [0.15, 0.2) is 0 Å². The van der Waals surface area contributed by atoms with E-state index in [1.54, 1.807) is 4.68 Å². The molecule has 0 radical (unpaired) electrons. The van der Waals surface area contributed by atoms with E-state index in [0.29, 0.717) is 12.5 Å². The first-order chi connectivity index (χ1) is 12.7. The second-order valence-electron chi connectivity index (χ2n) is 7.03. The fourth-order valence-corrected chi connectivity index (χ4v) is 3.72. The summed E-state index contributed by atoms with van der Waals surface area (Å²) in [5.74, 6) is 0.630. The highest BCUT2D eigenvalue weighted by Gasteiger charge is 2.26. The third-order valence-electron chi connectivity index (χ3n) is 5.20. The van der Waals surface area contributed by atoms with Crippen LogP contribution in [-0.4, -0.2) is 38.8 Å². The molecule has 1 N–H and O–H groups in total. The van der Waals surface area contributed by atoms with E-state index in [0.717, 1.165) is 42.4 Å². The number of fused-ring (bicyclic) bond motifs is 1. The van der Waals surface area contributed by atoms with Gasteiger partial charge in [0.05, 0.1) is 18.3 Å². The summed E-state index contributed by atoms with van der Waals surface area (Å²) in [6.07, 6.45) is 3.82. The molecule has 0 spiro atoms. The van der Waals surface area contributed by atoms with Crippen molar-refractivity contribution in [1.82, 2.24) is 14.7 Å². The van der Waals surface area contributed by atoms with E-state index >= 15 is 0 Å². The van der Waals surface area contributed by atoms with Gasteiger partial charge in [-0.15, -0.1) is 0 Å². The molecule has 1 amide bonds. The molecule has 0 saturated carbocycles. The Morgan fingerprint density at radius 1 is 1.12 bits per heavy atom. The Kier molecular flexibility index (Phi) is 4.71. The van der Waals surface area contributed by atoms with E-state index < -0.39 is 0 Å². The van der Waals surface area contributed by atoms with Gasteiger partial charge >= 0.3 is 0 Å². The molecule has 134 valence electrons. The van der Waals surface area contributed by atoms with Crippen LogP contribution in [0, 0.1) is 5.92 Å². The number of nitrogens with zero attached hydrogens (tertiary/aromatic N) is 3. The minimum absolute atomic E-state index is 0.0775. The number of aliphatic hydroxyl groups excluding tert-OH is 1. The van der Waals surface area contributed by atoms with Crippen LogP contribution in [0.2, 0.25) is 0 Å². The standard InChI is InChI=1S/C21H23N3O2/c25-15-17-7-5-16(6-8-17)11-18-9-10-23(13-18)21(26)14-24-20-4-2-1-3-19(20)12-22-24/h1-8,12,18,25H,9-11,13-15H2/t18-/m1/s1. The van der Waals surface area contributed by atoms with Crippen molar-refractivity contribution < 1.29 is 9.90 Å². The van der Waals surface area contributed by atoms with Crippen LogP contribution in [-0.2, 0) is 24.4 Å². The lowest BCUT2D eigenvalue weighted by Crippen LogP contribution is -2.32. The summed E-state index contributed by atoms with van der Waals surface area (Å²) in [5.41, 5.74) is 3.20. The fourth-order valence-electron chi connectivity index (χ4n) is 3.72. The van der Waals surface area contributed by atoms with E-state index in [1.165, 1.54) is 5.56 Å². The molecule has 1 aliphatic rings. The summed E-state index contributed by atoms with van der Waals surface area (Å²) >= 11 is 0. The van der Waals surface area contributed by atoms with Crippen LogP contribution in [0.4, 0.5) is 0 Å². The summed E-state index contributed by atoms with van der Waals surface area (Å²) in [7, 11) is 0. The highest BCUT2D eigenvalue weighted by Crippen LogP contribution is 2.22. The van der Waals surface area contributed by atoms with Gasteiger partial charge in [0, 0.05) is 18.5 Å². The number of rotatable bonds is 5. The molecule has 5 heteroatoms. The van der Waals surface area contributed by atoms with Gasteiger partial charge in [0.2, 0.25) is 5.91 Å². The van der Waals surface area contributed by atoms with E-state index in [9.17, 15) is 4.79 Å². The Morgan fingerprint density at radius 2 is 1.88 bits per heavy atom. The van der Waals surface area contributed by atoms with Crippen LogP contribution in [0.5, 0.6) is 0 Å². The SMILES string of the molecule is O=C(Cn1ncc2ccccc21)N1CC[C@H](Cc2ccc(CO)cc2)C1. The van der Waals surface area contributed by atoms with Gasteiger partial charge < -0.3 is 10.0 Å². The van der Waals surface area contributed by atoms with Crippen molar-refractivity contribution in [3.63, 3.8) is 0 Å². The Balaban J connectivity index is 1.36. The lowest BCUT2D eigenvalue weighted by molar-refractivity contribution is -0.131. The van der Waals surface area contributed by atoms with Crippen LogP contribution in [0.15, 0.2) is 54.7 Å². The number of aromatic nitrogens is 2. The van der Waals surface area contributed by atoms with Gasteiger partial charge in [-0.05, 0) is 36.0 Å². The number of amides is 1. The molecule has 3 aromatic rings. The van der Waals surface area contributed by atoms with Crippen LogP contribution in [0.3, 0.4) is 0 Å². The van der Waals surface area contributed by atoms with Crippen molar-refractivity contribution in [2.24, 2.45) is 5.92 Å². The first-order valence-corrected chi connectivity index (χ1v) is 9.10. The molecule has 0 aliphatic carbocycles. The predicted octanol–water partition coefficient (Wildman–Crippen LogP) is 2.62. The Labute approximate surface area is 152 Å². The van der Waals surface area contributed by atoms with Crippen molar-refractivity contribution >= 4 is 16.8 Å². The predicted molar refractivity (Wildman–Crippen MR) is 100 cm³/mol. The van der Waals surface area contributed by atoms with Gasteiger partial charge in [-0.3, -0.25) is 9.48 Å². The number of carbonyl (C=O) groups is 1. The smallest absolute Gasteiger partial charge is 0.244 e. The Morgan fingerprint density at radius 3 is 2.69 bits per heavy atom. The molecule has 1 aromatic heterocycles. The third-order valence-corrected chi connectivity index (χ3v) is 5.20. The van der Waals surface area contributed by atoms with Crippen molar-refractivity contribution in [3.8, 4) is 0 Å². The molecule has 1 atom stereocenters. The van der Waals surface area contributed by atoms with Crippen molar-refractivity contribution in [2.75, 3.05) is 13.1 Å². The molecular weight excluding hydrogens is 326 g/mol. The number of carbonyl (C=O) groups excluding carboxylic acids is 1. The molecule has 1 saturated heterocycles. The topological polar surface area (TPSA) is 58.4 Å². The number of aliphatic hydroxyl groups is 1. The molecular formula is C21H23N3O2. The van der Waals surface area contributed by atoms with Crippen LogP contribution < -0.4 is 0 Å². The summed E-state index contributed by atoms with van der Waals surface area (Å²) in [6, 6.07) is 16.0. The van der Waals surface area contributed by atoms with Crippen molar-refractivity contribution in [3.05, 3.63) is 65.9 Å². The van der Waals surface area contributed by atoms with Gasteiger partial charge in [-0.2, -0.15) is 5.10 Å². The molecule has 26 heavy (non-hydrogen) atoms. The number of hydrogen-bond acceptors (Lipinski definition) is 3. The second kappa shape index (κ2) is 7.30. The van der Waals surface area contributed by atoms with E-state index in [-0.39, 0.29) is 12.5 Å². The molecule has 2 heterocycles. The summed E-state index contributed by atoms with van der Waals surface area (Å²) in [6.45, 7) is 2.00. The average molecular weight is 349 g/mol. The van der Waals surface area contributed by atoms with Gasteiger partial charge in [-0.1, -0.05) is 42.5 Å². The highest BCUT2D eigenvalue weighted by atomic mass is 16.3. The molecule has 0 bridgehead atoms. The van der Waals surface area contributed by atoms with E-state index in [1.807, 2.05) is 47.5 Å². The summed E-state index contributed by atoms with van der Waals surface area (Å²) in [4.78, 5) is 14.6. The second-order valence-corrected chi connectivity index (χ2v) is 7.03. The third kappa shape index (κ3) is 3.48. The molecule has 0 unspecified atom stereocenters. The van der Waals surface area contributed by atoms with Gasteiger partial charge in [0.25, 0.3) is 0 Å². The quantitative estimate of drug-likeness (QED) is 0.770. The van der Waals surface area contributed by atoms with Gasteiger partial charge in [-0.25, -0.2) is 0 Å². The highest BCUT2D eigenvalue weighted by molar-refractivity contribution is 5.82. The lowest BCUT2D eigenvalue weighted by Gasteiger charge is -2.17. The Bertz CT molecular complexity index is 901. The molecule has 1 aliphatic heterocycles. The molecule has 1 fully saturated rings.